The fourth-order valence-corrected chi connectivity index (χ4v) is 7.26. The van der Waals surface area contributed by atoms with Crippen LogP contribution in [0, 0.1) is 47.3 Å². The third kappa shape index (κ3) is 2.09. The molecule has 6 unspecified atom stereocenters. The van der Waals surface area contributed by atoms with Crippen LogP contribution in [0.5, 0.6) is 0 Å². The molecule has 0 amide bonds. The number of hydrogen-bond acceptors (Lipinski definition) is 0. The largest absolute Gasteiger partial charge is 0.0625 e. The monoisotopic (exact) mass is 296 g/mol. The van der Waals surface area contributed by atoms with E-state index < -0.39 is 0 Å². The standard InChI is InChI=1S/C22H32/c1-13(2)20-16-10-17-12-18(20)22(15-8-6-5-7-9-15)19(11-16)21(17)14(3)4/h5-9,13-14,16-22H,10-12H2,1-4H3. The smallest absolute Gasteiger partial charge is 0.00994 e. The minimum atomic E-state index is 0.841. The van der Waals surface area contributed by atoms with Gasteiger partial charge in [0.05, 0.1) is 0 Å². The van der Waals surface area contributed by atoms with Crippen LogP contribution in [0.25, 0.3) is 0 Å². The van der Waals surface area contributed by atoms with E-state index in [1.165, 1.54) is 12.8 Å². The van der Waals surface area contributed by atoms with Gasteiger partial charge in [0.2, 0.25) is 0 Å². The van der Waals surface area contributed by atoms with Crippen molar-refractivity contribution in [3.05, 3.63) is 35.9 Å². The topological polar surface area (TPSA) is 0 Å². The van der Waals surface area contributed by atoms with Gasteiger partial charge >= 0.3 is 0 Å². The van der Waals surface area contributed by atoms with Crippen molar-refractivity contribution in [2.45, 2.75) is 52.9 Å². The molecule has 0 nitrogen and oxygen atoms in total. The maximum absolute atomic E-state index is 2.48. The highest BCUT2D eigenvalue weighted by Gasteiger charge is 2.58. The second-order valence-electron chi connectivity index (χ2n) is 9.13. The summed E-state index contributed by atoms with van der Waals surface area (Å²) in [5, 5.41) is 0. The molecule has 0 aliphatic heterocycles. The van der Waals surface area contributed by atoms with Crippen molar-refractivity contribution in [3.8, 4) is 0 Å². The molecule has 1 aromatic rings. The predicted octanol–water partition coefficient (Wildman–Crippen LogP) is 5.99. The molecule has 1 aromatic carbocycles. The lowest BCUT2D eigenvalue weighted by atomic mass is 9.41. The number of rotatable bonds is 3. The van der Waals surface area contributed by atoms with Gasteiger partial charge in [0.15, 0.2) is 0 Å². The van der Waals surface area contributed by atoms with Crippen LogP contribution in [0.1, 0.15) is 58.4 Å². The molecular weight excluding hydrogens is 264 g/mol. The van der Waals surface area contributed by atoms with Crippen LogP contribution in [0.2, 0.25) is 0 Å². The van der Waals surface area contributed by atoms with E-state index in [-0.39, 0.29) is 0 Å². The van der Waals surface area contributed by atoms with Crippen molar-refractivity contribution in [1.29, 1.82) is 0 Å². The Labute approximate surface area is 136 Å². The molecule has 0 heterocycles. The van der Waals surface area contributed by atoms with Crippen LogP contribution in [-0.4, -0.2) is 0 Å². The Morgan fingerprint density at radius 3 is 1.68 bits per heavy atom. The molecule has 0 radical (unpaired) electrons. The SMILES string of the molecule is CC(C)C1C2CC3CC1C(c1ccccc1)C(C2)C3C(C)C. The van der Waals surface area contributed by atoms with Crippen LogP contribution < -0.4 is 0 Å². The average molecular weight is 296 g/mol. The summed E-state index contributed by atoms with van der Waals surface area (Å²) in [6, 6.07) is 11.5. The second kappa shape index (κ2) is 5.39. The summed E-state index contributed by atoms with van der Waals surface area (Å²) in [5.74, 6) is 8.50. The zero-order chi connectivity index (χ0) is 15.4. The van der Waals surface area contributed by atoms with E-state index in [1.807, 2.05) is 0 Å². The second-order valence-corrected chi connectivity index (χ2v) is 9.13. The Morgan fingerprint density at radius 1 is 0.727 bits per heavy atom. The zero-order valence-electron chi connectivity index (χ0n) is 14.7. The first-order chi connectivity index (χ1) is 10.6. The van der Waals surface area contributed by atoms with Gasteiger partial charge in [-0.15, -0.1) is 0 Å². The lowest BCUT2D eigenvalue weighted by Gasteiger charge is -2.64. The highest BCUT2D eigenvalue weighted by molar-refractivity contribution is 5.26. The van der Waals surface area contributed by atoms with E-state index in [9.17, 15) is 0 Å². The third-order valence-electron chi connectivity index (χ3n) is 7.48. The van der Waals surface area contributed by atoms with Gasteiger partial charge in [-0.2, -0.15) is 0 Å². The Kier molecular flexibility index (Phi) is 3.62. The van der Waals surface area contributed by atoms with Crippen LogP contribution in [0.4, 0.5) is 0 Å². The van der Waals surface area contributed by atoms with Crippen LogP contribution in [0.15, 0.2) is 30.3 Å². The first-order valence-electron chi connectivity index (χ1n) is 9.62. The van der Waals surface area contributed by atoms with Gasteiger partial charge in [0, 0.05) is 0 Å². The van der Waals surface area contributed by atoms with E-state index in [2.05, 4.69) is 58.0 Å². The molecule has 5 rings (SSSR count). The van der Waals surface area contributed by atoms with E-state index in [1.54, 1.807) is 12.0 Å². The van der Waals surface area contributed by atoms with E-state index in [0.717, 1.165) is 53.3 Å². The molecule has 4 fully saturated rings. The first-order valence-corrected chi connectivity index (χ1v) is 9.62. The Bertz CT molecular complexity index is 486. The maximum Gasteiger partial charge on any atom is -0.00994 e. The van der Waals surface area contributed by atoms with Crippen molar-refractivity contribution in [2.24, 2.45) is 47.3 Å². The average Bonchev–Trinajstić information content (AvgIpc) is 2.46. The maximum atomic E-state index is 2.48. The summed E-state index contributed by atoms with van der Waals surface area (Å²) in [6.07, 6.45) is 4.57. The Balaban J connectivity index is 1.75. The Hall–Kier alpha value is -0.780. The normalized spacial score (nSPS) is 43.3. The minimum absolute atomic E-state index is 0.841. The summed E-state index contributed by atoms with van der Waals surface area (Å²) in [6.45, 7) is 9.92. The lowest BCUT2D eigenvalue weighted by molar-refractivity contribution is -0.124. The molecule has 4 aliphatic carbocycles. The highest BCUT2D eigenvalue weighted by atomic mass is 14.6. The van der Waals surface area contributed by atoms with Crippen LogP contribution in [-0.2, 0) is 0 Å². The molecule has 22 heavy (non-hydrogen) atoms. The van der Waals surface area contributed by atoms with E-state index in [0.29, 0.717) is 0 Å². The van der Waals surface area contributed by atoms with Crippen molar-refractivity contribution in [3.63, 3.8) is 0 Å². The highest BCUT2D eigenvalue weighted by Crippen LogP contribution is 2.66. The minimum Gasteiger partial charge on any atom is -0.0625 e. The number of hydrogen-bond donors (Lipinski definition) is 0. The molecule has 6 atom stereocenters. The molecule has 4 bridgehead atoms. The van der Waals surface area contributed by atoms with Crippen molar-refractivity contribution in [1.82, 2.24) is 0 Å². The molecule has 4 aliphatic rings. The van der Waals surface area contributed by atoms with Gasteiger partial charge in [-0.05, 0) is 78.1 Å². The molecule has 0 heteroatoms. The van der Waals surface area contributed by atoms with Gasteiger partial charge in [0.1, 0.15) is 0 Å². The quantitative estimate of drug-likeness (QED) is 0.642. The molecule has 0 saturated heterocycles. The molecule has 0 spiro atoms. The van der Waals surface area contributed by atoms with Crippen molar-refractivity contribution < 1.29 is 0 Å². The summed E-state index contributed by atoms with van der Waals surface area (Å²) < 4.78 is 0. The van der Waals surface area contributed by atoms with Gasteiger partial charge in [-0.1, -0.05) is 58.0 Å². The van der Waals surface area contributed by atoms with Crippen LogP contribution >= 0.6 is 0 Å². The molecule has 4 saturated carbocycles. The zero-order valence-corrected chi connectivity index (χ0v) is 14.7. The van der Waals surface area contributed by atoms with Gasteiger partial charge in [-0.3, -0.25) is 0 Å². The third-order valence-corrected chi connectivity index (χ3v) is 7.48. The summed E-state index contributed by atoms with van der Waals surface area (Å²) in [5.41, 5.74) is 1.65. The number of benzene rings is 1. The van der Waals surface area contributed by atoms with Crippen molar-refractivity contribution in [2.75, 3.05) is 0 Å². The van der Waals surface area contributed by atoms with E-state index in [4.69, 9.17) is 0 Å². The van der Waals surface area contributed by atoms with Gasteiger partial charge < -0.3 is 0 Å². The van der Waals surface area contributed by atoms with Crippen molar-refractivity contribution >= 4 is 0 Å². The van der Waals surface area contributed by atoms with Gasteiger partial charge in [0.25, 0.3) is 0 Å². The molecule has 0 N–H and O–H groups in total. The first kappa shape index (κ1) is 14.8. The van der Waals surface area contributed by atoms with E-state index >= 15 is 0 Å². The summed E-state index contributed by atoms with van der Waals surface area (Å²) in [7, 11) is 0. The Morgan fingerprint density at radius 2 is 1.23 bits per heavy atom. The fraction of sp³-hybridized carbons (Fsp3) is 0.727. The summed E-state index contributed by atoms with van der Waals surface area (Å²) in [4.78, 5) is 0. The molecule has 0 aromatic heterocycles. The van der Waals surface area contributed by atoms with Crippen LogP contribution in [0.3, 0.4) is 0 Å². The fourth-order valence-electron chi connectivity index (χ4n) is 7.26. The lowest BCUT2D eigenvalue weighted by Crippen LogP contribution is -2.56. The molecule has 120 valence electrons. The predicted molar refractivity (Wildman–Crippen MR) is 93.7 cm³/mol. The summed E-state index contributed by atoms with van der Waals surface area (Å²) >= 11 is 0. The van der Waals surface area contributed by atoms with Gasteiger partial charge in [-0.25, -0.2) is 0 Å². The molecular formula is C22H32.